The van der Waals surface area contributed by atoms with Crippen molar-refractivity contribution in [1.82, 2.24) is 5.32 Å². The summed E-state index contributed by atoms with van der Waals surface area (Å²) in [7, 11) is 0. The van der Waals surface area contributed by atoms with Crippen LogP contribution in [0.4, 0.5) is 0 Å². The highest BCUT2D eigenvalue weighted by molar-refractivity contribution is 6.17. The number of fused-ring (bicyclic) bond motifs is 5. The van der Waals surface area contributed by atoms with Crippen LogP contribution in [0.3, 0.4) is 0 Å². The third-order valence-corrected chi connectivity index (χ3v) is 11.2. The molecule has 0 radical (unpaired) electrons. The van der Waals surface area contributed by atoms with Crippen molar-refractivity contribution in [3.8, 4) is 33.4 Å². The lowest BCUT2D eigenvalue weighted by Gasteiger charge is -2.25. The first-order chi connectivity index (χ1) is 28.2. The highest BCUT2D eigenvalue weighted by atomic mass is 16.3. The number of amidine groups is 2. The van der Waals surface area contributed by atoms with Gasteiger partial charge in [0.05, 0.1) is 0 Å². The molecule has 2 heterocycles. The van der Waals surface area contributed by atoms with E-state index in [0.717, 1.165) is 72.4 Å². The Morgan fingerprint density at radius 3 is 1.75 bits per heavy atom. The zero-order valence-electron chi connectivity index (χ0n) is 30.9. The van der Waals surface area contributed by atoms with E-state index < -0.39 is 6.17 Å². The molecule has 1 aromatic heterocycles. The first-order valence-electron chi connectivity index (χ1n) is 19.3. The first kappa shape index (κ1) is 32.8. The number of nitrogens with one attached hydrogen (secondary N) is 1. The highest BCUT2D eigenvalue weighted by Gasteiger charge is 2.27. The molecule has 9 aromatic carbocycles. The summed E-state index contributed by atoms with van der Waals surface area (Å²) in [5.74, 6) is 1.53. The van der Waals surface area contributed by atoms with E-state index in [1.54, 1.807) is 0 Å². The van der Waals surface area contributed by atoms with Crippen LogP contribution in [0.15, 0.2) is 215 Å². The molecule has 1 N–H and O–H groups in total. The topological polar surface area (TPSA) is 49.9 Å². The van der Waals surface area contributed by atoms with E-state index in [2.05, 4.69) is 193 Å². The maximum Gasteiger partial charge on any atom is 0.171 e. The van der Waals surface area contributed by atoms with Crippen LogP contribution < -0.4 is 5.32 Å². The Bertz CT molecular complexity index is 3190. The van der Waals surface area contributed by atoms with Gasteiger partial charge in [-0.1, -0.05) is 182 Å². The number of aliphatic imine (C=N–C) groups is 2. The number of benzene rings is 9. The smallest absolute Gasteiger partial charge is 0.171 e. The largest absolute Gasteiger partial charge is 0.456 e. The van der Waals surface area contributed by atoms with E-state index in [-0.39, 0.29) is 0 Å². The van der Waals surface area contributed by atoms with Gasteiger partial charge in [-0.15, -0.1) is 0 Å². The minimum absolute atomic E-state index is 0.575. The molecule has 1 unspecified atom stereocenters. The second-order valence-electron chi connectivity index (χ2n) is 14.6. The molecule has 4 heteroatoms. The summed E-state index contributed by atoms with van der Waals surface area (Å²) in [6, 6.07) is 70.5. The van der Waals surface area contributed by atoms with Gasteiger partial charge in [0.25, 0.3) is 0 Å². The average molecular weight is 730 g/mol. The maximum atomic E-state index is 6.50. The SMILES string of the molecule is c1ccc(-c2ccc(-c3ccc4oc5ccccc5c4c3C3N=C(c4ccc(-c5cccc6ccccc56)cc4)NC(c4ccc5ccccc5c4)=N3)cc2)cc1. The predicted molar refractivity (Wildman–Crippen MR) is 237 cm³/mol. The van der Waals surface area contributed by atoms with E-state index in [4.69, 9.17) is 14.4 Å². The van der Waals surface area contributed by atoms with Crippen LogP contribution in [0, 0.1) is 0 Å². The van der Waals surface area contributed by atoms with E-state index in [9.17, 15) is 0 Å². The van der Waals surface area contributed by atoms with Crippen molar-refractivity contribution in [2.75, 3.05) is 0 Å². The van der Waals surface area contributed by atoms with Gasteiger partial charge in [0.1, 0.15) is 22.8 Å². The van der Waals surface area contributed by atoms with Crippen molar-refractivity contribution >= 4 is 55.2 Å². The third kappa shape index (κ3) is 5.87. The molecule has 0 saturated heterocycles. The van der Waals surface area contributed by atoms with Crippen molar-refractivity contribution in [2.24, 2.45) is 9.98 Å². The molecule has 0 spiro atoms. The molecule has 1 atom stereocenters. The van der Waals surface area contributed by atoms with Gasteiger partial charge < -0.3 is 9.73 Å². The monoisotopic (exact) mass is 729 g/mol. The molecule has 0 aliphatic carbocycles. The summed E-state index contributed by atoms with van der Waals surface area (Å²) in [6.45, 7) is 0. The number of hydrogen-bond donors (Lipinski definition) is 1. The summed E-state index contributed by atoms with van der Waals surface area (Å²) >= 11 is 0. The Hall–Kier alpha value is -7.56. The Morgan fingerprint density at radius 2 is 0.947 bits per heavy atom. The van der Waals surface area contributed by atoms with Gasteiger partial charge in [-0.25, -0.2) is 9.98 Å². The standard InChI is InChI=1S/C53H35N3O/c1-2-11-34(12-3-1)36-21-24-39(25-22-36)45-31-32-48-49(46-18-8-9-20-47(46)57-48)50(45)53-55-51(54-52(56-53)42-30-23-35-13-4-5-15-41(35)33-42)40-28-26-38(27-29-40)44-19-10-16-37-14-6-7-17-43(37)44/h1-33,53H,(H,54,55,56). The van der Waals surface area contributed by atoms with E-state index in [0.29, 0.717) is 0 Å². The average Bonchev–Trinajstić information content (AvgIpc) is 3.67. The first-order valence-corrected chi connectivity index (χ1v) is 19.3. The maximum absolute atomic E-state index is 6.50. The molecule has 0 bridgehead atoms. The number of hydrogen-bond acceptors (Lipinski definition) is 4. The number of rotatable bonds is 6. The zero-order valence-corrected chi connectivity index (χ0v) is 30.9. The summed E-state index contributed by atoms with van der Waals surface area (Å²) in [6.07, 6.45) is -0.575. The van der Waals surface area contributed by atoms with Crippen LogP contribution in [0.2, 0.25) is 0 Å². The molecule has 4 nitrogen and oxygen atoms in total. The molecule has 1 aliphatic heterocycles. The van der Waals surface area contributed by atoms with Crippen LogP contribution in [0.5, 0.6) is 0 Å². The van der Waals surface area contributed by atoms with Crippen LogP contribution in [-0.4, -0.2) is 11.7 Å². The molecule has 0 amide bonds. The molecule has 11 rings (SSSR count). The van der Waals surface area contributed by atoms with Gasteiger partial charge in [-0.2, -0.15) is 0 Å². The number of para-hydroxylation sites is 1. The molecule has 57 heavy (non-hydrogen) atoms. The summed E-state index contributed by atoms with van der Waals surface area (Å²) in [4.78, 5) is 10.9. The summed E-state index contributed by atoms with van der Waals surface area (Å²) in [5, 5.41) is 10.5. The fourth-order valence-corrected chi connectivity index (χ4v) is 8.33. The van der Waals surface area contributed by atoms with Crippen LogP contribution in [0.25, 0.3) is 76.9 Å². The fourth-order valence-electron chi connectivity index (χ4n) is 8.33. The minimum atomic E-state index is -0.575. The quantitative estimate of drug-likeness (QED) is 0.185. The molecule has 10 aromatic rings. The van der Waals surface area contributed by atoms with Gasteiger partial charge in [0, 0.05) is 27.5 Å². The fraction of sp³-hybridized carbons (Fsp3) is 0.0189. The lowest BCUT2D eigenvalue weighted by Crippen LogP contribution is -2.36. The lowest BCUT2D eigenvalue weighted by atomic mass is 9.92. The third-order valence-electron chi connectivity index (χ3n) is 11.2. The van der Waals surface area contributed by atoms with Crippen molar-refractivity contribution in [3.63, 3.8) is 0 Å². The second-order valence-corrected chi connectivity index (χ2v) is 14.6. The zero-order chi connectivity index (χ0) is 37.7. The van der Waals surface area contributed by atoms with E-state index in [1.807, 2.05) is 12.1 Å². The minimum Gasteiger partial charge on any atom is -0.456 e. The highest BCUT2D eigenvalue weighted by Crippen LogP contribution is 2.43. The van der Waals surface area contributed by atoms with Crippen molar-refractivity contribution in [2.45, 2.75) is 6.17 Å². The Morgan fingerprint density at radius 1 is 0.368 bits per heavy atom. The summed E-state index contributed by atoms with van der Waals surface area (Å²) < 4.78 is 6.50. The van der Waals surface area contributed by atoms with Gasteiger partial charge in [0.15, 0.2) is 6.17 Å². The van der Waals surface area contributed by atoms with E-state index >= 15 is 0 Å². The Kier molecular flexibility index (Phi) is 7.85. The molecule has 268 valence electrons. The predicted octanol–water partition coefficient (Wildman–Crippen LogP) is 13.4. The van der Waals surface area contributed by atoms with Crippen LogP contribution >= 0.6 is 0 Å². The normalized spacial score (nSPS) is 14.1. The van der Waals surface area contributed by atoms with Gasteiger partial charge in [-0.05, 0) is 73.1 Å². The number of nitrogens with zero attached hydrogens (tertiary/aromatic N) is 2. The van der Waals surface area contributed by atoms with Gasteiger partial charge >= 0.3 is 0 Å². The van der Waals surface area contributed by atoms with E-state index in [1.165, 1.54) is 32.8 Å². The Balaban J connectivity index is 1.10. The van der Waals surface area contributed by atoms with Crippen molar-refractivity contribution in [3.05, 3.63) is 217 Å². The van der Waals surface area contributed by atoms with Crippen LogP contribution in [-0.2, 0) is 0 Å². The lowest BCUT2D eigenvalue weighted by molar-refractivity contribution is 0.667. The Labute approximate surface area is 330 Å². The second kappa shape index (κ2) is 13.6. The molecular weight excluding hydrogens is 695 g/mol. The molecular formula is C53H35N3O. The van der Waals surface area contributed by atoms with Gasteiger partial charge in [0.2, 0.25) is 0 Å². The summed E-state index contributed by atoms with van der Waals surface area (Å²) in [5.41, 5.74) is 11.5. The molecule has 0 fully saturated rings. The van der Waals surface area contributed by atoms with Crippen molar-refractivity contribution in [1.29, 1.82) is 0 Å². The molecule has 1 aliphatic rings. The number of furan rings is 1. The molecule has 0 saturated carbocycles. The van der Waals surface area contributed by atoms with Gasteiger partial charge in [-0.3, -0.25) is 0 Å². The van der Waals surface area contributed by atoms with Crippen LogP contribution in [0.1, 0.15) is 22.9 Å². The van der Waals surface area contributed by atoms with Crippen molar-refractivity contribution < 1.29 is 4.42 Å².